The predicted octanol–water partition coefficient (Wildman–Crippen LogP) is 4.97. The molecule has 1 aromatic carbocycles. The summed E-state index contributed by atoms with van der Waals surface area (Å²) in [5.74, 6) is -2.62. The number of aliphatic carboxylic acids is 2. The van der Waals surface area contributed by atoms with E-state index in [4.69, 9.17) is 10.2 Å². The number of carbonyl (C=O) groups is 2. The van der Waals surface area contributed by atoms with Crippen LogP contribution in [0.5, 0.6) is 0 Å². The van der Waals surface area contributed by atoms with Crippen LogP contribution in [-0.4, -0.2) is 50.1 Å². The van der Waals surface area contributed by atoms with E-state index in [1.165, 1.54) is 85.7 Å². The van der Waals surface area contributed by atoms with Gasteiger partial charge < -0.3 is 10.2 Å². The van der Waals surface area contributed by atoms with Gasteiger partial charge in [0.2, 0.25) is 0 Å². The molecule has 0 spiro atoms. The minimum atomic E-state index is -1.31. The van der Waals surface area contributed by atoms with Gasteiger partial charge in [0.25, 0.3) is 0 Å². The van der Waals surface area contributed by atoms with Crippen molar-refractivity contribution >= 4 is 39.9 Å². The Hall–Kier alpha value is -0.840. The van der Waals surface area contributed by atoms with E-state index in [0.717, 1.165) is 3.17 Å². The molecule has 2 N–H and O–H groups in total. The summed E-state index contributed by atoms with van der Waals surface area (Å²) in [6, 6.07) is 11.1. The van der Waals surface area contributed by atoms with E-state index >= 15 is 0 Å². The van der Waals surface area contributed by atoms with Crippen LogP contribution in [0.4, 0.5) is 0 Å². The molecule has 5 heteroatoms. The number of hydrogen-bond acceptors (Lipinski definition) is 2. The quantitative estimate of drug-likeness (QED) is 0.314. The molecule has 1 rings (SSSR count). The molecule has 0 aliphatic carbocycles. The molecule has 0 aromatic heterocycles. The van der Waals surface area contributed by atoms with Crippen molar-refractivity contribution in [1.29, 1.82) is 0 Å². The van der Waals surface area contributed by atoms with Crippen molar-refractivity contribution in [1.82, 2.24) is 0 Å². The number of rotatable bonds is 12. The monoisotopic (exact) mass is 358 g/mol. The predicted molar refractivity (Wildman–Crippen MR) is 102 cm³/mol. The van der Waals surface area contributed by atoms with Gasteiger partial charge in [0.05, 0.1) is 0 Å². The number of unbranched alkanes of at least 4 members (excludes halogenated alkanes) is 7. The fourth-order valence-electron chi connectivity index (χ4n) is 2.66. The van der Waals surface area contributed by atoms with Crippen LogP contribution in [-0.2, 0) is 9.59 Å². The summed E-state index contributed by atoms with van der Waals surface area (Å²) in [5, 5.41) is 15.4. The molecule has 0 radical (unpaired) electrons. The molecule has 0 bridgehead atoms. The third-order valence-corrected chi connectivity index (χ3v) is 5.41. The zero-order chi connectivity index (χ0) is 18.9. The maximum absolute atomic E-state index is 9.43. The molecule has 1 unspecified atom stereocenters. The fraction of sp³-hybridized carbons (Fsp3) is 0.600. The molecule has 25 heavy (non-hydrogen) atoms. The SMILES string of the molecule is CCCCCCCCCC[CH]([Na])c1ccccc1.O=C(O)CC(=O)O. The summed E-state index contributed by atoms with van der Waals surface area (Å²) >= 11 is 1.30. The van der Waals surface area contributed by atoms with Gasteiger partial charge in [0, 0.05) is 0 Å². The van der Waals surface area contributed by atoms with E-state index in [9.17, 15) is 9.59 Å². The van der Waals surface area contributed by atoms with Crippen LogP contribution in [0.1, 0.15) is 79.9 Å². The number of carboxylic acids is 2. The molecule has 1 atom stereocenters. The van der Waals surface area contributed by atoms with E-state index in [1.54, 1.807) is 5.56 Å². The standard InChI is InChI=1S/C17H27.C3H4O4.Na/c1-2-3-4-5-6-7-8-9-11-14-17-15-12-10-13-16-17;4-2(5)1-3(6)7;/h10,12-16H,2-9,11H2,1H3;1H2,(H,4,5)(H,6,7);. The molecule has 0 heterocycles. The summed E-state index contributed by atoms with van der Waals surface area (Å²) in [6.07, 6.45) is 12.1. The Bertz CT molecular complexity index is 450. The summed E-state index contributed by atoms with van der Waals surface area (Å²) in [4.78, 5) is 18.9. The molecular weight excluding hydrogens is 327 g/mol. The van der Waals surface area contributed by atoms with Gasteiger partial charge in [-0.1, -0.05) is 0 Å². The molecule has 0 saturated carbocycles. The average Bonchev–Trinajstić information content (AvgIpc) is 2.57. The van der Waals surface area contributed by atoms with Crippen LogP contribution in [0.15, 0.2) is 30.3 Å². The van der Waals surface area contributed by atoms with Crippen LogP contribution < -0.4 is 0 Å². The van der Waals surface area contributed by atoms with Crippen molar-refractivity contribution < 1.29 is 19.8 Å². The van der Waals surface area contributed by atoms with Crippen molar-refractivity contribution in [2.24, 2.45) is 0 Å². The van der Waals surface area contributed by atoms with Crippen molar-refractivity contribution in [2.75, 3.05) is 0 Å². The van der Waals surface area contributed by atoms with Gasteiger partial charge in [-0.2, -0.15) is 0 Å². The third kappa shape index (κ3) is 16.4. The summed E-state index contributed by atoms with van der Waals surface area (Å²) < 4.78 is 0.867. The molecule has 0 aliphatic heterocycles. The van der Waals surface area contributed by atoms with Gasteiger partial charge in [-0.15, -0.1) is 0 Å². The van der Waals surface area contributed by atoms with E-state index in [0.29, 0.717) is 0 Å². The van der Waals surface area contributed by atoms with Gasteiger partial charge >= 0.3 is 144 Å². The van der Waals surface area contributed by atoms with Gasteiger partial charge in [0.15, 0.2) is 0 Å². The van der Waals surface area contributed by atoms with Gasteiger partial charge in [0.1, 0.15) is 6.42 Å². The second-order valence-corrected chi connectivity index (χ2v) is 7.93. The van der Waals surface area contributed by atoms with Gasteiger partial charge in [-0.25, -0.2) is 0 Å². The van der Waals surface area contributed by atoms with Crippen molar-refractivity contribution in [3.05, 3.63) is 35.9 Å². The molecule has 136 valence electrons. The molecule has 0 saturated heterocycles. The van der Waals surface area contributed by atoms with Crippen molar-refractivity contribution in [3.8, 4) is 0 Å². The third-order valence-electron chi connectivity index (χ3n) is 4.16. The normalized spacial score (nSPS) is 11.3. The fourth-order valence-corrected chi connectivity index (χ4v) is 3.46. The van der Waals surface area contributed by atoms with Gasteiger partial charge in [-0.05, 0) is 0 Å². The number of benzene rings is 1. The largest absolute Gasteiger partial charge is 0.481 e. The Kier molecular flexibility index (Phi) is 16.1. The van der Waals surface area contributed by atoms with Crippen molar-refractivity contribution in [3.63, 3.8) is 0 Å². The maximum Gasteiger partial charge on any atom is 0.314 e. The van der Waals surface area contributed by atoms with E-state index in [2.05, 4.69) is 37.3 Å². The Labute approximate surface area is 169 Å². The Morgan fingerprint density at radius 2 is 1.36 bits per heavy atom. The molecule has 4 nitrogen and oxygen atoms in total. The molecule has 0 aliphatic rings. The zero-order valence-electron chi connectivity index (χ0n) is 15.7. The van der Waals surface area contributed by atoms with E-state index in [1.807, 2.05) is 0 Å². The molecule has 0 amide bonds. The van der Waals surface area contributed by atoms with Crippen LogP contribution in [0.25, 0.3) is 0 Å². The minimum Gasteiger partial charge on any atom is -0.481 e. The molecule has 1 aromatic rings. The number of hydrogen-bond donors (Lipinski definition) is 2. The topological polar surface area (TPSA) is 74.6 Å². The van der Waals surface area contributed by atoms with Crippen molar-refractivity contribution in [2.45, 2.75) is 74.3 Å². The summed E-state index contributed by atoms with van der Waals surface area (Å²) in [7, 11) is 0. The first-order valence-corrected chi connectivity index (χ1v) is 10.6. The van der Waals surface area contributed by atoms with E-state index < -0.39 is 18.4 Å². The number of carboxylic acid groups (broad SMARTS) is 2. The average molecular weight is 358 g/mol. The first-order chi connectivity index (χ1) is 12.0. The van der Waals surface area contributed by atoms with Crippen LogP contribution in [0, 0.1) is 0 Å². The first-order valence-electron chi connectivity index (χ1n) is 9.45. The zero-order valence-corrected chi connectivity index (χ0v) is 17.7. The maximum atomic E-state index is 9.43. The Morgan fingerprint density at radius 1 is 0.880 bits per heavy atom. The second kappa shape index (κ2) is 16.6. The smallest absolute Gasteiger partial charge is 0.314 e. The van der Waals surface area contributed by atoms with Crippen LogP contribution in [0.3, 0.4) is 0 Å². The second-order valence-electron chi connectivity index (χ2n) is 6.54. The Morgan fingerprint density at radius 3 is 1.80 bits per heavy atom. The van der Waals surface area contributed by atoms with Gasteiger partial charge in [-0.3, -0.25) is 9.59 Å². The van der Waals surface area contributed by atoms with Crippen LogP contribution in [0.2, 0.25) is 0 Å². The molecular formula is C20H31NaO4. The molecule has 0 fully saturated rings. The Balaban J connectivity index is 0.000000697. The van der Waals surface area contributed by atoms with Crippen LogP contribution >= 0.6 is 0 Å². The summed E-state index contributed by atoms with van der Waals surface area (Å²) in [6.45, 7) is 2.29. The first kappa shape index (κ1) is 24.2. The summed E-state index contributed by atoms with van der Waals surface area (Å²) in [5.41, 5.74) is 1.56. The van der Waals surface area contributed by atoms with E-state index in [-0.39, 0.29) is 0 Å². The minimum absolute atomic E-state index is 0.806.